The van der Waals surface area contributed by atoms with Crippen molar-refractivity contribution in [3.63, 3.8) is 0 Å². The van der Waals surface area contributed by atoms with Crippen molar-refractivity contribution in [2.75, 3.05) is 6.61 Å². The summed E-state index contributed by atoms with van der Waals surface area (Å²) in [4.78, 5) is 11.4. The number of unbranched alkanes of at least 4 members (excludes halogenated alkanes) is 13. The average Bonchev–Trinajstić information content (AvgIpc) is 2.52. The van der Waals surface area contributed by atoms with Gasteiger partial charge in [-0.2, -0.15) is 0 Å². The van der Waals surface area contributed by atoms with Crippen LogP contribution in [0.1, 0.15) is 117 Å². The van der Waals surface area contributed by atoms with Gasteiger partial charge in [0.1, 0.15) is 0 Å². The molecule has 0 aliphatic heterocycles. The molecule has 0 rings (SSSR count). The van der Waals surface area contributed by atoms with Gasteiger partial charge >= 0.3 is 5.97 Å². The second-order valence-electron chi connectivity index (χ2n) is 6.57. The quantitative estimate of drug-likeness (QED) is 0.218. The van der Waals surface area contributed by atoms with Gasteiger partial charge in [0.15, 0.2) is 0 Å². The normalized spacial score (nSPS) is 10.8. The van der Waals surface area contributed by atoms with Crippen LogP contribution in [0.25, 0.3) is 0 Å². The van der Waals surface area contributed by atoms with E-state index in [0.717, 1.165) is 25.7 Å². The van der Waals surface area contributed by atoms with E-state index >= 15 is 0 Å². The third kappa shape index (κ3) is 17.5. The fraction of sp³-hybridized carbons (Fsp3) is 0.950. The third-order valence-corrected chi connectivity index (χ3v) is 4.25. The maximum Gasteiger partial charge on any atom is 0.305 e. The van der Waals surface area contributed by atoms with Crippen LogP contribution < -0.4 is 0 Å². The summed E-state index contributed by atoms with van der Waals surface area (Å²) in [5, 5.41) is 0. The Morgan fingerprint density at radius 1 is 0.591 bits per heavy atom. The Hall–Kier alpha value is -0.530. The summed E-state index contributed by atoms with van der Waals surface area (Å²) in [5.74, 6) is -0.00322. The highest BCUT2D eigenvalue weighted by Crippen LogP contribution is 2.12. The summed E-state index contributed by atoms with van der Waals surface area (Å²) in [5.41, 5.74) is 0. The van der Waals surface area contributed by atoms with Crippen molar-refractivity contribution in [2.24, 2.45) is 0 Å². The van der Waals surface area contributed by atoms with E-state index in [0.29, 0.717) is 13.0 Å². The minimum Gasteiger partial charge on any atom is -0.466 e. The van der Waals surface area contributed by atoms with E-state index in [1.165, 1.54) is 70.6 Å². The van der Waals surface area contributed by atoms with Crippen molar-refractivity contribution in [3.8, 4) is 0 Å². The molecule has 132 valence electrons. The molecule has 0 aliphatic rings. The number of ether oxygens (including phenoxy) is 1. The van der Waals surface area contributed by atoms with Crippen molar-refractivity contribution in [1.82, 2.24) is 0 Å². The lowest BCUT2D eigenvalue weighted by molar-refractivity contribution is -0.143. The highest BCUT2D eigenvalue weighted by atomic mass is 16.5. The van der Waals surface area contributed by atoms with Crippen LogP contribution in [0.4, 0.5) is 0 Å². The second kappa shape index (κ2) is 18.5. The first-order chi connectivity index (χ1) is 10.8. The SMILES string of the molecule is CCCCCCCCCCCCCCOC(=O)CCCCC. The molecule has 0 aromatic carbocycles. The van der Waals surface area contributed by atoms with Gasteiger partial charge in [-0.05, 0) is 12.8 Å². The molecule has 0 amide bonds. The molecule has 0 heterocycles. The number of carbonyl (C=O) groups excluding carboxylic acids is 1. The largest absolute Gasteiger partial charge is 0.466 e. The molecule has 2 nitrogen and oxygen atoms in total. The Morgan fingerprint density at radius 2 is 1.00 bits per heavy atom. The minimum absolute atomic E-state index is 0.00322. The molecule has 0 N–H and O–H groups in total. The molecule has 0 saturated carbocycles. The smallest absolute Gasteiger partial charge is 0.305 e. The molecule has 2 heteroatoms. The first kappa shape index (κ1) is 21.5. The van der Waals surface area contributed by atoms with Crippen LogP contribution in [0.3, 0.4) is 0 Å². The van der Waals surface area contributed by atoms with Gasteiger partial charge in [0.2, 0.25) is 0 Å². The highest BCUT2D eigenvalue weighted by molar-refractivity contribution is 5.69. The summed E-state index contributed by atoms with van der Waals surface area (Å²) in [6.07, 6.45) is 20.0. The molecule has 0 bridgehead atoms. The van der Waals surface area contributed by atoms with Crippen molar-refractivity contribution in [3.05, 3.63) is 0 Å². The Morgan fingerprint density at radius 3 is 1.50 bits per heavy atom. The van der Waals surface area contributed by atoms with E-state index in [1.807, 2.05) is 0 Å². The van der Waals surface area contributed by atoms with Gasteiger partial charge in [-0.1, -0.05) is 97.3 Å². The molecule has 0 atom stereocenters. The van der Waals surface area contributed by atoms with Gasteiger partial charge in [-0.3, -0.25) is 4.79 Å². The topological polar surface area (TPSA) is 26.3 Å². The van der Waals surface area contributed by atoms with E-state index in [-0.39, 0.29) is 5.97 Å². The van der Waals surface area contributed by atoms with E-state index in [2.05, 4.69) is 13.8 Å². The lowest BCUT2D eigenvalue weighted by atomic mass is 10.1. The summed E-state index contributed by atoms with van der Waals surface area (Å²) >= 11 is 0. The Labute approximate surface area is 139 Å². The first-order valence-electron chi connectivity index (χ1n) is 9.96. The Balaban J connectivity index is 3.06. The lowest BCUT2D eigenvalue weighted by Gasteiger charge is -2.05. The molecule has 0 unspecified atom stereocenters. The van der Waals surface area contributed by atoms with Crippen molar-refractivity contribution < 1.29 is 9.53 Å². The number of esters is 1. The maximum atomic E-state index is 11.4. The first-order valence-corrected chi connectivity index (χ1v) is 9.96. The summed E-state index contributed by atoms with van der Waals surface area (Å²) in [6, 6.07) is 0. The fourth-order valence-corrected chi connectivity index (χ4v) is 2.72. The molecule has 22 heavy (non-hydrogen) atoms. The fourth-order valence-electron chi connectivity index (χ4n) is 2.72. The highest BCUT2D eigenvalue weighted by Gasteiger charge is 2.01. The van der Waals surface area contributed by atoms with Crippen LogP contribution in [0.2, 0.25) is 0 Å². The van der Waals surface area contributed by atoms with Crippen LogP contribution >= 0.6 is 0 Å². The Kier molecular flexibility index (Phi) is 18.1. The molecule has 0 saturated heterocycles. The summed E-state index contributed by atoms with van der Waals surface area (Å²) in [6.45, 7) is 5.05. The van der Waals surface area contributed by atoms with Crippen LogP contribution in [0.15, 0.2) is 0 Å². The van der Waals surface area contributed by atoms with Crippen molar-refractivity contribution in [1.29, 1.82) is 0 Å². The Bertz CT molecular complexity index is 226. The van der Waals surface area contributed by atoms with Crippen molar-refractivity contribution in [2.45, 2.75) is 117 Å². The number of hydrogen-bond donors (Lipinski definition) is 0. The van der Waals surface area contributed by atoms with Gasteiger partial charge in [-0.25, -0.2) is 0 Å². The standard InChI is InChI=1S/C20H40O2/c1-3-5-7-8-9-10-11-12-13-14-15-17-19-22-20(21)18-16-6-4-2/h3-19H2,1-2H3. The monoisotopic (exact) mass is 312 g/mol. The number of carbonyl (C=O) groups is 1. The zero-order valence-electron chi connectivity index (χ0n) is 15.3. The predicted octanol–water partition coefficient (Wildman–Crippen LogP) is 6.81. The molecule has 0 radical (unpaired) electrons. The molecule has 0 aliphatic carbocycles. The van der Waals surface area contributed by atoms with E-state index in [1.54, 1.807) is 0 Å². The van der Waals surface area contributed by atoms with E-state index in [4.69, 9.17) is 4.74 Å². The van der Waals surface area contributed by atoms with Gasteiger partial charge < -0.3 is 4.74 Å². The zero-order chi connectivity index (χ0) is 16.3. The van der Waals surface area contributed by atoms with Crippen LogP contribution in [0, 0.1) is 0 Å². The van der Waals surface area contributed by atoms with Crippen molar-refractivity contribution >= 4 is 5.97 Å². The van der Waals surface area contributed by atoms with E-state index < -0.39 is 0 Å². The van der Waals surface area contributed by atoms with Gasteiger partial charge in [-0.15, -0.1) is 0 Å². The third-order valence-electron chi connectivity index (χ3n) is 4.25. The predicted molar refractivity (Wildman–Crippen MR) is 96.2 cm³/mol. The molecular formula is C20H40O2. The number of hydrogen-bond acceptors (Lipinski definition) is 2. The molecule has 0 spiro atoms. The number of rotatable bonds is 17. The molecule has 0 aromatic rings. The van der Waals surface area contributed by atoms with Gasteiger partial charge in [0, 0.05) is 6.42 Å². The maximum absolute atomic E-state index is 11.4. The van der Waals surface area contributed by atoms with Crippen LogP contribution in [0.5, 0.6) is 0 Å². The lowest BCUT2D eigenvalue weighted by Crippen LogP contribution is -2.05. The molecule has 0 fully saturated rings. The van der Waals surface area contributed by atoms with Crippen LogP contribution in [-0.4, -0.2) is 12.6 Å². The second-order valence-corrected chi connectivity index (χ2v) is 6.57. The molecular weight excluding hydrogens is 272 g/mol. The van der Waals surface area contributed by atoms with Gasteiger partial charge in [0.25, 0.3) is 0 Å². The summed E-state index contributed by atoms with van der Waals surface area (Å²) < 4.78 is 5.24. The zero-order valence-corrected chi connectivity index (χ0v) is 15.3. The molecule has 0 aromatic heterocycles. The van der Waals surface area contributed by atoms with E-state index in [9.17, 15) is 4.79 Å². The summed E-state index contributed by atoms with van der Waals surface area (Å²) in [7, 11) is 0. The van der Waals surface area contributed by atoms with Gasteiger partial charge in [0.05, 0.1) is 6.61 Å². The minimum atomic E-state index is -0.00322. The average molecular weight is 313 g/mol. The van der Waals surface area contributed by atoms with Crippen LogP contribution in [-0.2, 0) is 9.53 Å².